The molecule has 0 saturated carbocycles. The normalized spacial score (nSPS) is 9.40. The first-order valence-electron chi connectivity index (χ1n) is 3.79. The minimum absolute atomic E-state index is 0.0344. The van der Waals surface area contributed by atoms with Gasteiger partial charge in [-0.2, -0.15) is 5.26 Å². The van der Waals surface area contributed by atoms with Gasteiger partial charge in [-0.1, -0.05) is 0 Å². The summed E-state index contributed by atoms with van der Waals surface area (Å²) in [5.74, 6) is -2.19. The molecule has 0 aromatic heterocycles. The van der Waals surface area contributed by atoms with E-state index in [1.807, 2.05) is 0 Å². The smallest absolute Gasteiger partial charge is 0.341 e. The molecule has 15 heavy (non-hydrogen) atoms. The molecule has 0 bridgehead atoms. The first kappa shape index (κ1) is 11.5. The molecule has 1 aromatic rings. The average Bonchev–Trinajstić information content (AvgIpc) is 2.20. The van der Waals surface area contributed by atoms with Gasteiger partial charge in [0, 0.05) is 0 Å². The zero-order chi connectivity index (χ0) is 11.4. The highest BCUT2D eigenvalue weighted by Gasteiger charge is 2.12. The van der Waals surface area contributed by atoms with Crippen molar-refractivity contribution in [2.75, 3.05) is 6.61 Å². The molecule has 1 rings (SSSR count). The van der Waals surface area contributed by atoms with Crippen molar-refractivity contribution >= 4 is 21.9 Å². The summed E-state index contributed by atoms with van der Waals surface area (Å²) >= 11 is 2.87. The van der Waals surface area contributed by atoms with Gasteiger partial charge in [-0.15, -0.1) is 0 Å². The Labute approximate surface area is 93.0 Å². The monoisotopic (exact) mass is 273 g/mol. The number of carboxylic acids is 1. The first-order valence-corrected chi connectivity index (χ1v) is 4.58. The zero-order valence-electron chi connectivity index (χ0n) is 7.33. The molecule has 0 aliphatic heterocycles. The summed E-state index contributed by atoms with van der Waals surface area (Å²) in [5.41, 5.74) is 0.121. The molecule has 0 unspecified atom stereocenters. The van der Waals surface area contributed by atoms with Gasteiger partial charge in [0.2, 0.25) is 0 Å². The number of carbonyl (C=O) groups is 1. The van der Waals surface area contributed by atoms with Gasteiger partial charge >= 0.3 is 5.97 Å². The highest BCUT2D eigenvalue weighted by Crippen LogP contribution is 2.28. The molecule has 0 heterocycles. The predicted molar refractivity (Wildman–Crippen MR) is 51.9 cm³/mol. The van der Waals surface area contributed by atoms with Gasteiger partial charge in [-0.25, -0.2) is 9.18 Å². The quantitative estimate of drug-likeness (QED) is 0.914. The molecular formula is C9H5BrFNO3. The molecule has 0 amide bonds. The molecular weight excluding hydrogens is 269 g/mol. The number of aliphatic carboxylic acids is 1. The third kappa shape index (κ3) is 2.67. The van der Waals surface area contributed by atoms with Gasteiger partial charge in [-0.3, -0.25) is 0 Å². The van der Waals surface area contributed by atoms with Gasteiger partial charge in [0.15, 0.2) is 18.2 Å². The van der Waals surface area contributed by atoms with Crippen LogP contribution in [-0.4, -0.2) is 17.7 Å². The van der Waals surface area contributed by atoms with Crippen molar-refractivity contribution in [2.45, 2.75) is 0 Å². The Morgan fingerprint density at radius 1 is 1.67 bits per heavy atom. The molecule has 1 N–H and O–H groups in total. The Balaban J connectivity index is 2.98. The fourth-order valence-electron chi connectivity index (χ4n) is 0.869. The minimum Gasteiger partial charge on any atom is -0.479 e. The van der Waals surface area contributed by atoms with Crippen LogP contribution in [0.5, 0.6) is 5.75 Å². The summed E-state index contributed by atoms with van der Waals surface area (Å²) < 4.78 is 18.0. The average molecular weight is 274 g/mol. The topological polar surface area (TPSA) is 70.3 Å². The number of carboxylic acid groups (broad SMARTS) is 1. The highest BCUT2D eigenvalue weighted by atomic mass is 79.9. The second kappa shape index (κ2) is 4.75. The van der Waals surface area contributed by atoms with Crippen LogP contribution < -0.4 is 4.74 Å². The van der Waals surface area contributed by atoms with E-state index in [1.54, 1.807) is 6.07 Å². The van der Waals surface area contributed by atoms with Crippen LogP contribution in [0, 0.1) is 17.1 Å². The molecule has 0 spiro atoms. The second-order valence-electron chi connectivity index (χ2n) is 2.53. The lowest BCUT2D eigenvalue weighted by Gasteiger charge is -2.06. The number of halogens is 2. The standard InChI is InChI=1S/C9H5BrFNO3/c10-8-5(3-12)1-2-6(9(8)11)15-4-7(13)14/h1-2H,4H2,(H,13,14). The van der Waals surface area contributed by atoms with E-state index < -0.39 is 18.4 Å². The van der Waals surface area contributed by atoms with Crippen LogP contribution in [0.15, 0.2) is 16.6 Å². The Morgan fingerprint density at radius 3 is 2.87 bits per heavy atom. The third-order valence-electron chi connectivity index (χ3n) is 1.52. The summed E-state index contributed by atoms with van der Waals surface area (Å²) in [6, 6.07) is 4.32. The van der Waals surface area contributed by atoms with Crippen molar-refractivity contribution in [1.29, 1.82) is 5.26 Å². The molecule has 0 radical (unpaired) electrons. The predicted octanol–water partition coefficient (Wildman–Crippen LogP) is 1.92. The van der Waals surface area contributed by atoms with Gasteiger partial charge in [0.25, 0.3) is 0 Å². The number of hydrogen-bond donors (Lipinski definition) is 1. The lowest BCUT2D eigenvalue weighted by molar-refractivity contribution is -0.139. The molecule has 0 atom stereocenters. The lowest BCUT2D eigenvalue weighted by Crippen LogP contribution is -2.10. The van der Waals surface area contributed by atoms with Crippen molar-refractivity contribution in [3.8, 4) is 11.8 Å². The second-order valence-corrected chi connectivity index (χ2v) is 3.33. The Hall–Kier alpha value is -1.61. The number of hydrogen-bond acceptors (Lipinski definition) is 3. The van der Waals surface area contributed by atoms with Crippen molar-refractivity contribution in [2.24, 2.45) is 0 Å². The Kier molecular flexibility index (Phi) is 3.63. The summed E-state index contributed by atoms with van der Waals surface area (Å²) in [5, 5.41) is 16.9. The van der Waals surface area contributed by atoms with E-state index in [9.17, 15) is 9.18 Å². The largest absolute Gasteiger partial charge is 0.479 e. The van der Waals surface area contributed by atoms with E-state index in [-0.39, 0.29) is 15.8 Å². The molecule has 4 nitrogen and oxygen atoms in total. The molecule has 0 aliphatic rings. The first-order chi connectivity index (χ1) is 7.06. The minimum atomic E-state index is -1.20. The summed E-state index contributed by atoms with van der Waals surface area (Å²) in [6.45, 7) is -0.630. The number of benzene rings is 1. The number of nitrogens with zero attached hydrogens (tertiary/aromatic N) is 1. The van der Waals surface area contributed by atoms with Gasteiger partial charge in [0.1, 0.15) is 6.07 Å². The summed E-state index contributed by atoms with van der Waals surface area (Å²) in [7, 11) is 0. The number of rotatable bonds is 3. The van der Waals surface area contributed by atoms with Crippen molar-refractivity contribution in [1.82, 2.24) is 0 Å². The molecule has 1 aromatic carbocycles. The fraction of sp³-hybridized carbons (Fsp3) is 0.111. The van der Waals surface area contributed by atoms with E-state index >= 15 is 0 Å². The van der Waals surface area contributed by atoms with Crippen molar-refractivity contribution < 1.29 is 19.0 Å². The van der Waals surface area contributed by atoms with Crippen LogP contribution in [0.4, 0.5) is 4.39 Å². The van der Waals surface area contributed by atoms with Crippen LogP contribution in [-0.2, 0) is 4.79 Å². The van der Waals surface area contributed by atoms with Crippen LogP contribution in [0.1, 0.15) is 5.56 Å². The van der Waals surface area contributed by atoms with E-state index in [0.29, 0.717) is 0 Å². The maximum Gasteiger partial charge on any atom is 0.341 e. The maximum atomic E-state index is 13.4. The molecule has 0 aliphatic carbocycles. The highest BCUT2D eigenvalue weighted by molar-refractivity contribution is 9.10. The van der Waals surface area contributed by atoms with Crippen molar-refractivity contribution in [3.63, 3.8) is 0 Å². The van der Waals surface area contributed by atoms with Gasteiger partial charge < -0.3 is 9.84 Å². The summed E-state index contributed by atoms with van der Waals surface area (Å²) in [4.78, 5) is 10.2. The van der Waals surface area contributed by atoms with Crippen LogP contribution in [0.25, 0.3) is 0 Å². The zero-order valence-corrected chi connectivity index (χ0v) is 8.91. The van der Waals surface area contributed by atoms with Crippen LogP contribution in [0.2, 0.25) is 0 Å². The molecule has 78 valence electrons. The Bertz CT molecular complexity index is 442. The molecule has 0 saturated heterocycles. The van der Waals surface area contributed by atoms with E-state index in [4.69, 9.17) is 10.4 Å². The summed E-state index contributed by atoms with van der Waals surface area (Å²) in [6.07, 6.45) is 0. The number of nitriles is 1. The maximum absolute atomic E-state index is 13.4. The van der Waals surface area contributed by atoms with E-state index in [1.165, 1.54) is 12.1 Å². The number of ether oxygens (including phenoxy) is 1. The van der Waals surface area contributed by atoms with Gasteiger partial charge in [-0.05, 0) is 28.1 Å². The molecule has 6 heteroatoms. The van der Waals surface area contributed by atoms with Crippen LogP contribution >= 0.6 is 15.9 Å². The molecule has 0 fully saturated rings. The third-order valence-corrected chi connectivity index (χ3v) is 2.29. The Morgan fingerprint density at radius 2 is 2.33 bits per heavy atom. The van der Waals surface area contributed by atoms with E-state index in [2.05, 4.69) is 20.7 Å². The van der Waals surface area contributed by atoms with Gasteiger partial charge in [0.05, 0.1) is 10.0 Å². The SMILES string of the molecule is N#Cc1ccc(OCC(=O)O)c(F)c1Br. The fourth-order valence-corrected chi connectivity index (χ4v) is 1.29. The lowest BCUT2D eigenvalue weighted by atomic mass is 10.2. The van der Waals surface area contributed by atoms with E-state index in [0.717, 1.165) is 0 Å². The van der Waals surface area contributed by atoms with Crippen LogP contribution in [0.3, 0.4) is 0 Å². The van der Waals surface area contributed by atoms with Crippen molar-refractivity contribution in [3.05, 3.63) is 28.0 Å².